The van der Waals surface area contributed by atoms with Crippen LogP contribution in [0.1, 0.15) is 103 Å². The van der Waals surface area contributed by atoms with Crippen LogP contribution in [0.25, 0.3) is 0 Å². The molecule has 8 nitrogen and oxygen atoms in total. The van der Waals surface area contributed by atoms with Gasteiger partial charge in [0.15, 0.2) is 0 Å². The van der Waals surface area contributed by atoms with Crippen molar-refractivity contribution < 1.29 is 29.0 Å². The van der Waals surface area contributed by atoms with Crippen molar-refractivity contribution >= 4 is 29.6 Å². The molecule has 9 heteroatoms. The van der Waals surface area contributed by atoms with Crippen LogP contribution in [-0.2, 0) is 23.9 Å². The Bertz CT molecular complexity index is 615. The normalized spacial score (nSPS) is 13.1. The molecule has 0 rings (SSSR count). The van der Waals surface area contributed by atoms with Gasteiger partial charge in [-0.05, 0) is 56.7 Å². The van der Waals surface area contributed by atoms with Crippen LogP contribution in [-0.4, -0.2) is 66.8 Å². The first kappa shape index (κ1) is 34.4. The van der Waals surface area contributed by atoms with Gasteiger partial charge in [0.2, 0.25) is 5.91 Å². The van der Waals surface area contributed by atoms with Crippen LogP contribution < -0.4 is 5.32 Å². The number of aliphatic hydroxyl groups excluding tert-OH is 1. The van der Waals surface area contributed by atoms with Crippen molar-refractivity contribution in [2.45, 2.75) is 115 Å². The second-order valence-electron chi connectivity index (χ2n) is 9.18. The van der Waals surface area contributed by atoms with Crippen molar-refractivity contribution in [2.24, 2.45) is 0 Å². The molecule has 0 aromatic rings. The van der Waals surface area contributed by atoms with Gasteiger partial charge in [0, 0.05) is 39.9 Å². The number of carbonyl (C=O) groups is 3. The Morgan fingerprint density at radius 2 is 1.64 bits per heavy atom. The Morgan fingerprint density at radius 3 is 2.33 bits per heavy atom. The van der Waals surface area contributed by atoms with Gasteiger partial charge in [0.25, 0.3) is 0 Å². The van der Waals surface area contributed by atoms with E-state index in [1.165, 1.54) is 4.42 Å². The van der Waals surface area contributed by atoms with E-state index in [0.717, 1.165) is 57.8 Å². The SMILES string of the molecule is CCCCCC(OC(=O)CCCC(=O)OCCN(C)Cl)C(O)C/C=C\CCCCCCCC(=O)NC. The van der Waals surface area contributed by atoms with Crippen molar-refractivity contribution in [3.8, 4) is 0 Å². The van der Waals surface area contributed by atoms with Gasteiger partial charge in [0.1, 0.15) is 12.7 Å². The van der Waals surface area contributed by atoms with Gasteiger partial charge in [-0.25, -0.2) is 4.42 Å². The van der Waals surface area contributed by atoms with Crippen molar-refractivity contribution in [3.05, 3.63) is 12.2 Å². The molecule has 0 saturated heterocycles. The lowest BCUT2D eigenvalue weighted by Crippen LogP contribution is -2.31. The Labute approximate surface area is 223 Å². The number of aliphatic hydroxyl groups is 1. The summed E-state index contributed by atoms with van der Waals surface area (Å²) in [5, 5.41) is 13.3. The highest BCUT2D eigenvalue weighted by atomic mass is 35.5. The molecule has 0 aromatic carbocycles. The summed E-state index contributed by atoms with van der Waals surface area (Å²) >= 11 is 5.66. The first-order valence-electron chi connectivity index (χ1n) is 13.6. The maximum absolute atomic E-state index is 12.3. The van der Waals surface area contributed by atoms with E-state index in [-0.39, 0.29) is 31.3 Å². The maximum Gasteiger partial charge on any atom is 0.306 e. The van der Waals surface area contributed by atoms with E-state index in [4.69, 9.17) is 21.3 Å². The quantitative estimate of drug-likeness (QED) is 0.0819. The van der Waals surface area contributed by atoms with E-state index >= 15 is 0 Å². The van der Waals surface area contributed by atoms with E-state index in [1.54, 1.807) is 14.1 Å². The fraction of sp³-hybridized carbons (Fsp3) is 0.815. The fourth-order valence-corrected chi connectivity index (χ4v) is 3.67. The Kier molecular flexibility index (Phi) is 22.7. The minimum atomic E-state index is -0.746. The van der Waals surface area contributed by atoms with Crippen LogP contribution in [0.15, 0.2) is 12.2 Å². The number of allylic oxidation sites excluding steroid dienone is 1. The molecular formula is C27H49ClN2O6. The first-order chi connectivity index (χ1) is 17.3. The number of rotatable bonds is 23. The summed E-state index contributed by atoms with van der Waals surface area (Å²) in [4.78, 5) is 35.2. The van der Waals surface area contributed by atoms with Crippen molar-refractivity contribution in [2.75, 3.05) is 27.2 Å². The Hall–Kier alpha value is -1.64. The highest BCUT2D eigenvalue weighted by Crippen LogP contribution is 2.16. The second kappa shape index (κ2) is 23.7. The second-order valence-corrected chi connectivity index (χ2v) is 9.76. The molecule has 2 atom stereocenters. The zero-order valence-corrected chi connectivity index (χ0v) is 23.4. The monoisotopic (exact) mass is 532 g/mol. The lowest BCUT2D eigenvalue weighted by Gasteiger charge is -2.22. The topological polar surface area (TPSA) is 105 Å². The standard InChI is InChI=1S/C27H49ClN2O6/c1-4-5-12-17-24(36-27(34)20-15-19-26(33)35-22-21-30(3)28)23(31)16-13-10-8-6-7-9-11-14-18-25(32)29-2/h10,13,23-24,31H,4-9,11-12,14-22H2,1-3H3,(H,29,32)/b13-10-. The molecule has 0 aliphatic heterocycles. The molecule has 0 aliphatic rings. The molecule has 2 unspecified atom stereocenters. The molecule has 0 radical (unpaired) electrons. The number of nitrogens with one attached hydrogen (secondary N) is 1. The van der Waals surface area contributed by atoms with Gasteiger partial charge in [-0.15, -0.1) is 0 Å². The van der Waals surface area contributed by atoms with Crippen LogP contribution >= 0.6 is 11.8 Å². The number of amides is 1. The molecule has 36 heavy (non-hydrogen) atoms. The molecule has 0 heterocycles. The average Bonchev–Trinajstić information content (AvgIpc) is 2.84. The summed E-state index contributed by atoms with van der Waals surface area (Å²) < 4.78 is 12.0. The van der Waals surface area contributed by atoms with Crippen LogP contribution in [0.2, 0.25) is 0 Å². The summed E-state index contributed by atoms with van der Waals surface area (Å²) in [5.74, 6) is -0.666. The minimum absolute atomic E-state index is 0.0991. The van der Waals surface area contributed by atoms with Crippen molar-refractivity contribution in [1.82, 2.24) is 9.74 Å². The Morgan fingerprint density at radius 1 is 0.944 bits per heavy atom. The molecule has 1 amide bonds. The third kappa shape index (κ3) is 21.6. The summed E-state index contributed by atoms with van der Waals surface area (Å²) in [5.41, 5.74) is 0. The van der Waals surface area contributed by atoms with Crippen LogP contribution in [0.5, 0.6) is 0 Å². The van der Waals surface area contributed by atoms with E-state index in [2.05, 4.69) is 18.3 Å². The first-order valence-corrected chi connectivity index (χ1v) is 13.9. The van der Waals surface area contributed by atoms with Crippen LogP contribution in [0.3, 0.4) is 0 Å². The number of carbonyl (C=O) groups excluding carboxylic acids is 3. The van der Waals surface area contributed by atoms with Crippen LogP contribution in [0.4, 0.5) is 0 Å². The molecule has 0 aromatic heterocycles. The maximum atomic E-state index is 12.3. The van der Waals surface area contributed by atoms with Gasteiger partial charge >= 0.3 is 11.9 Å². The number of likely N-dealkylation sites (N-methyl/N-ethyl adjacent to an activating group) is 1. The molecular weight excluding hydrogens is 484 g/mol. The van der Waals surface area contributed by atoms with Gasteiger partial charge in [0.05, 0.1) is 6.10 Å². The number of hydrogen-bond donors (Lipinski definition) is 2. The molecule has 0 bridgehead atoms. The highest BCUT2D eigenvalue weighted by Gasteiger charge is 2.22. The highest BCUT2D eigenvalue weighted by molar-refractivity contribution is 6.13. The number of unbranched alkanes of at least 4 members (excludes halogenated alkanes) is 7. The molecule has 0 fully saturated rings. The predicted molar refractivity (Wildman–Crippen MR) is 143 cm³/mol. The smallest absolute Gasteiger partial charge is 0.306 e. The molecule has 0 aliphatic carbocycles. The molecule has 2 N–H and O–H groups in total. The number of ether oxygens (including phenoxy) is 2. The summed E-state index contributed by atoms with van der Waals surface area (Å²) in [7, 11) is 3.34. The van der Waals surface area contributed by atoms with E-state index in [9.17, 15) is 19.5 Å². The van der Waals surface area contributed by atoms with Crippen molar-refractivity contribution in [1.29, 1.82) is 0 Å². The zero-order valence-electron chi connectivity index (χ0n) is 22.6. The van der Waals surface area contributed by atoms with Gasteiger partial charge < -0.3 is 19.9 Å². The summed E-state index contributed by atoms with van der Waals surface area (Å²) in [6.07, 6.45) is 14.2. The minimum Gasteiger partial charge on any atom is -0.464 e. The van der Waals surface area contributed by atoms with Gasteiger partial charge in [-0.3, -0.25) is 14.4 Å². The number of hydrogen-bond acceptors (Lipinski definition) is 7. The van der Waals surface area contributed by atoms with Crippen LogP contribution in [0, 0.1) is 0 Å². The van der Waals surface area contributed by atoms with E-state index in [0.29, 0.717) is 32.2 Å². The molecule has 0 spiro atoms. The number of esters is 2. The van der Waals surface area contributed by atoms with Gasteiger partial charge in [-0.2, -0.15) is 0 Å². The van der Waals surface area contributed by atoms with Crippen molar-refractivity contribution in [3.63, 3.8) is 0 Å². The van der Waals surface area contributed by atoms with E-state index < -0.39 is 18.2 Å². The third-order valence-corrected chi connectivity index (χ3v) is 6.00. The average molecular weight is 533 g/mol. The lowest BCUT2D eigenvalue weighted by molar-refractivity contribution is -0.156. The fourth-order valence-electron chi connectivity index (χ4n) is 3.60. The third-order valence-electron chi connectivity index (χ3n) is 5.83. The largest absolute Gasteiger partial charge is 0.464 e. The molecule has 0 saturated carbocycles. The molecule has 210 valence electrons. The Balaban J connectivity index is 4.21. The summed E-state index contributed by atoms with van der Waals surface area (Å²) in [6.45, 7) is 2.75. The number of halogens is 1. The zero-order chi connectivity index (χ0) is 27.0. The lowest BCUT2D eigenvalue weighted by atomic mass is 10.0. The van der Waals surface area contributed by atoms with E-state index in [1.807, 2.05) is 6.08 Å². The summed E-state index contributed by atoms with van der Waals surface area (Å²) in [6, 6.07) is 0. The predicted octanol–water partition coefficient (Wildman–Crippen LogP) is 5.06. The van der Waals surface area contributed by atoms with Gasteiger partial charge in [-0.1, -0.05) is 51.2 Å². The number of nitrogens with zero attached hydrogens (tertiary/aromatic N) is 1.